The Morgan fingerprint density at radius 2 is 2.12 bits per heavy atom. The summed E-state index contributed by atoms with van der Waals surface area (Å²) in [5.74, 6) is 0. The van der Waals surface area contributed by atoms with Crippen LogP contribution in [0.25, 0.3) is 0 Å². The van der Waals surface area contributed by atoms with E-state index >= 15 is 0 Å². The molecule has 0 radical (unpaired) electrons. The third kappa shape index (κ3) is 3.22. The number of nitrogens with zero attached hydrogens (tertiary/aromatic N) is 1. The minimum atomic E-state index is -0.322. The van der Waals surface area contributed by atoms with Crippen molar-refractivity contribution < 1.29 is 4.92 Å². The van der Waals surface area contributed by atoms with Crippen molar-refractivity contribution in [3.8, 4) is 0 Å². The fraction of sp³-hybridized carbons (Fsp3) is 0.500. The maximum Gasteiger partial charge on any atom is 0.295 e. The van der Waals surface area contributed by atoms with Gasteiger partial charge in [-0.3, -0.25) is 10.1 Å². The van der Waals surface area contributed by atoms with Crippen molar-refractivity contribution in [1.29, 1.82) is 0 Å². The SMILES string of the molecule is CCCCCNc1cccc(C)c1[N+](=O)[O-]. The first-order valence-corrected chi connectivity index (χ1v) is 5.64. The van der Waals surface area contributed by atoms with Crippen molar-refractivity contribution in [3.63, 3.8) is 0 Å². The number of nitrogens with one attached hydrogen (secondary N) is 1. The quantitative estimate of drug-likeness (QED) is 0.455. The molecule has 4 nitrogen and oxygen atoms in total. The fourth-order valence-corrected chi connectivity index (χ4v) is 1.64. The first-order chi connectivity index (χ1) is 7.66. The van der Waals surface area contributed by atoms with Crippen LogP contribution in [0.15, 0.2) is 18.2 Å². The van der Waals surface area contributed by atoms with Gasteiger partial charge in [0.2, 0.25) is 0 Å². The highest BCUT2D eigenvalue weighted by atomic mass is 16.6. The average Bonchev–Trinajstić information content (AvgIpc) is 2.24. The van der Waals surface area contributed by atoms with Crippen LogP contribution in [-0.4, -0.2) is 11.5 Å². The minimum absolute atomic E-state index is 0.194. The van der Waals surface area contributed by atoms with Gasteiger partial charge in [0.1, 0.15) is 5.69 Å². The highest BCUT2D eigenvalue weighted by Crippen LogP contribution is 2.27. The number of hydrogen-bond acceptors (Lipinski definition) is 3. The Bertz CT molecular complexity index is 364. The normalized spacial score (nSPS) is 10.1. The number of nitro benzene ring substituents is 1. The van der Waals surface area contributed by atoms with Gasteiger partial charge in [-0.25, -0.2) is 0 Å². The van der Waals surface area contributed by atoms with Gasteiger partial charge in [0, 0.05) is 12.1 Å². The molecule has 0 amide bonds. The monoisotopic (exact) mass is 222 g/mol. The van der Waals surface area contributed by atoms with Gasteiger partial charge in [0.15, 0.2) is 0 Å². The largest absolute Gasteiger partial charge is 0.379 e. The molecule has 1 aromatic rings. The van der Waals surface area contributed by atoms with E-state index in [0.717, 1.165) is 25.8 Å². The predicted octanol–water partition coefficient (Wildman–Crippen LogP) is 3.51. The van der Waals surface area contributed by atoms with Crippen molar-refractivity contribution in [2.24, 2.45) is 0 Å². The molecule has 0 saturated heterocycles. The van der Waals surface area contributed by atoms with Gasteiger partial charge >= 0.3 is 0 Å². The second kappa shape index (κ2) is 6.10. The number of nitro groups is 1. The molecule has 0 saturated carbocycles. The van der Waals surface area contributed by atoms with Gasteiger partial charge in [0.25, 0.3) is 5.69 Å². The highest BCUT2D eigenvalue weighted by Gasteiger charge is 2.15. The van der Waals surface area contributed by atoms with Crippen LogP contribution in [0.2, 0.25) is 0 Å². The molecule has 0 unspecified atom stereocenters. The third-order valence-electron chi connectivity index (χ3n) is 2.52. The molecule has 0 aliphatic rings. The van der Waals surface area contributed by atoms with E-state index in [1.807, 2.05) is 6.07 Å². The molecule has 1 rings (SSSR count). The lowest BCUT2D eigenvalue weighted by atomic mass is 10.1. The Hall–Kier alpha value is -1.58. The van der Waals surface area contributed by atoms with E-state index in [4.69, 9.17) is 0 Å². The molecule has 1 N–H and O–H groups in total. The summed E-state index contributed by atoms with van der Waals surface area (Å²) in [5.41, 5.74) is 1.52. The van der Waals surface area contributed by atoms with E-state index in [-0.39, 0.29) is 10.6 Å². The standard InChI is InChI=1S/C12H18N2O2/c1-3-4-5-9-13-11-8-6-7-10(2)12(11)14(15)16/h6-8,13H,3-5,9H2,1-2H3. The maximum atomic E-state index is 10.9. The summed E-state index contributed by atoms with van der Waals surface area (Å²) in [6.07, 6.45) is 3.34. The van der Waals surface area contributed by atoms with Crippen LogP contribution in [0.5, 0.6) is 0 Å². The first-order valence-electron chi connectivity index (χ1n) is 5.64. The molecule has 0 spiro atoms. The van der Waals surface area contributed by atoms with Gasteiger partial charge < -0.3 is 5.32 Å². The van der Waals surface area contributed by atoms with Crippen LogP contribution in [0.4, 0.5) is 11.4 Å². The summed E-state index contributed by atoms with van der Waals surface area (Å²) in [5, 5.41) is 14.0. The predicted molar refractivity (Wildman–Crippen MR) is 65.8 cm³/mol. The van der Waals surface area contributed by atoms with Crippen LogP contribution in [0, 0.1) is 17.0 Å². The average molecular weight is 222 g/mol. The number of unbranched alkanes of at least 4 members (excludes halogenated alkanes) is 2. The minimum Gasteiger partial charge on any atom is -0.379 e. The van der Waals surface area contributed by atoms with Crippen LogP contribution in [-0.2, 0) is 0 Å². The summed E-state index contributed by atoms with van der Waals surface area (Å²) >= 11 is 0. The lowest BCUT2D eigenvalue weighted by molar-refractivity contribution is -0.384. The molecule has 16 heavy (non-hydrogen) atoms. The zero-order chi connectivity index (χ0) is 12.0. The van der Waals surface area contributed by atoms with Gasteiger partial charge in [0.05, 0.1) is 4.92 Å². The molecule has 1 aromatic carbocycles. The molecule has 4 heteroatoms. The summed E-state index contributed by atoms with van der Waals surface area (Å²) in [6, 6.07) is 5.36. The summed E-state index contributed by atoms with van der Waals surface area (Å²) in [7, 11) is 0. The molecule has 0 heterocycles. The van der Waals surface area contributed by atoms with Gasteiger partial charge in [-0.15, -0.1) is 0 Å². The van der Waals surface area contributed by atoms with Crippen LogP contribution < -0.4 is 5.32 Å². The molecule has 0 fully saturated rings. The van der Waals surface area contributed by atoms with E-state index in [1.165, 1.54) is 0 Å². The fourth-order valence-electron chi connectivity index (χ4n) is 1.64. The zero-order valence-electron chi connectivity index (χ0n) is 9.82. The Kier molecular flexibility index (Phi) is 4.76. The number of anilines is 1. The Morgan fingerprint density at radius 3 is 2.75 bits per heavy atom. The van der Waals surface area contributed by atoms with Crippen LogP contribution >= 0.6 is 0 Å². The maximum absolute atomic E-state index is 10.9. The van der Waals surface area contributed by atoms with Gasteiger partial charge in [-0.1, -0.05) is 31.9 Å². The molecule has 0 aliphatic carbocycles. The third-order valence-corrected chi connectivity index (χ3v) is 2.52. The smallest absolute Gasteiger partial charge is 0.295 e. The molecule has 0 aromatic heterocycles. The Morgan fingerprint density at radius 1 is 1.38 bits per heavy atom. The zero-order valence-corrected chi connectivity index (χ0v) is 9.82. The molecule has 0 bridgehead atoms. The van der Waals surface area contributed by atoms with Crippen molar-refractivity contribution in [2.75, 3.05) is 11.9 Å². The molecule has 0 atom stereocenters. The van der Waals surface area contributed by atoms with Crippen molar-refractivity contribution in [1.82, 2.24) is 0 Å². The van der Waals surface area contributed by atoms with E-state index in [9.17, 15) is 10.1 Å². The molecule has 0 aliphatic heterocycles. The summed E-state index contributed by atoms with van der Waals surface area (Å²) in [6.45, 7) is 4.68. The van der Waals surface area contributed by atoms with Crippen molar-refractivity contribution in [3.05, 3.63) is 33.9 Å². The number of aryl methyl sites for hydroxylation is 1. The highest BCUT2D eigenvalue weighted by molar-refractivity contribution is 5.64. The Labute approximate surface area is 95.8 Å². The van der Waals surface area contributed by atoms with E-state index in [1.54, 1.807) is 19.1 Å². The lowest BCUT2D eigenvalue weighted by Gasteiger charge is -2.07. The van der Waals surface area contributed by atoms with E-state index in [2.05, 4.69) is 12.2 Å². The second-order valence-electron chi connectivity index (χ2n) is 3.86. The summed E-state index contributed by atoms with van der Waals surface area (Å²) < 4.78 is 0. The van der Waals surface area contributed by atoms with E-state index in [0.29, 0.717) is 11.3 Å². The van der Waals surface area contributed by atoms with E-state index < -0.39 is 0 Å². The van der Waals surface area contributed by atoms with Gasteiger partial charge in [-0.2, -0.15) is 0 Å². The molecular weight excluding hydrogens is 204 g/mol. The summed E-state index contributed by atoms with van der Waals surface area (Å²) in [4.78, 5) is 10.6. The first kappa shape index (κ1) is 12.5. The number of benzene rings is 1. The topological polar surface area (TPSA) is 55.2 Å². The Balaban J connectivity index is 2.71. The molecule has 88 valence electrons. The number of hydrogen-bond donors (Lipinski definition) is 1. The lowest BCUT2D eigenvalue weighted by Crippen LogP contribution is -2.05. The van der Waals surface area contributed by atoms with Crippen molar-refractivity contribution in [2.45, 2.75) is 33.1 Å². The number of rotatable bonds is 6. The van der Waals surface area contributed by atoms with Crippen LogP contribution in [0.3, 0.4) is 0 Å². The molecular formula is C12H18N2O2. The van der Waals surface area contributed by atoms with Crippen LogP contribution in [0.1, 0.15) is 31.7 Å². The number of para-hydroxylation sites is 1. The van der Waals surface area contributed by atoms with Crippen molar-refractivity contribution >= 4 is 11.4 Å². The second-order valence-corrected chi connectivity index (χ2v) is 3.86. The van der Waals surface area contributed by atoms with Gasteiger partial charge in [-0.05, 0) is 19.4 Å².